The number of rotatable bonds is 9. The molecule has 2 aromatic heterocycles. The third-order valence-corrected chi connectivity index (χ3v) is 8.18. The van der Waals surface area contributed by atoms with Crippen LogP contribution in [0.15, 0.2) is 34.7 Å². The third kappa shape index (κ3) is 7.98. The SMILES string of the molecule is CNC(=O)c1c(-c2ccc(C)cc2)oc2nc(CN(CCCC3CCCC3)S(=O)[O-])c(I)cc12.O=C(O)O. The van der Waals surface area contributed by atoms with Crippen LogP contribution >= 0.6 is 22.6 Å². The van der Waals surface area contributed by atoms with E-state index in [1.807, 2.05) is 37.3 Å². The first-order valence-corrected chi connectivity index (χ1v) is 14.4. The number of aromatic nitrogens is 1. The Labute approximate surface area is 237 Å². The summed E-state index contributed by atoms with van der Waals surface area (Å²) < 4.78 is 32.1. The number of nitrogens with one attached hydrogen (secondary N) is 1. The molecule has 3 N–H and O–H groups in total. The summed E-state index contributed by atoms with van der Waals surface area (Å²) in [5, 5.41) is 17.2. The van der Waals surface area contributed by atoms with Crippen LogP contribution in [0.1, 0.15) is 60.1 Å². The van der Waals surface area contributed by atoms with Crippen molar-refractivity contribution in [2.45, 2.75) is 52.0 Å². The van der Waals surface area contributed by atoms with Gasteiger partial charge in [-0.25, -0.2) is 14.1 Å². The summed E-state index contributed by atoms with van der Waals surface area (Å²) in [7, 11) is 1.58. The van der Waals surface area contributed by atoms with Crippen LogP contribution in [0, 0.1) is 16.4 Å². The number of benzene rings is 1. The lowest BCUT2D eigenvalue weighted by Gasteiger charge is -2.24. The van der Waals surface area contributed by atoms with E-state index >= 15 is 0 Å². The van der Waals surface area contributed by atoms with Gasteiger partial charge >= 0.3 is 6.16 Å². The first-order valence-electron chi connectivity index (χ1n) is 12.3. The zero-order valence-corrected chi connectivity index (χ0v) is 24.2. The average molecular weight is 657 g/mol. The fourth-order valence-corrected chi connectivity index (χ4v) is 5.74. The first-order chi connectivity index (χ1) is 18.1. The van der Waals surface area contributed by atoms with Crippen molar-refractivity contribution in [3.63, 3.8) is 0 Å². The Morgan fingerprint density at radius 2 is 1.87 bits per heavy atom. The Hall–Kier alpha value is -2.55. The molecule has 1 aromatic carbocycles. The van der Waals surface area contributed by atoms with Crippen molar-refractivity contribution >= 4 is 57.0 Å². The standard InChI is InChI=1S/C25H30IN3O4S.CH2O3/c1-16-9-11-18(12-10-16)23-22(24(30)27-2)19-14-20(26)21(28-25(19)33-23)15-29(34(31)32)13-5-8-17-6-3-4-7-17;2-1(3)4/h9-12,14,17H,3-8,13,15H2,1-2H3,(H,27,30)(H,31,32);(H2,2,3,4)/p-1. The van der Waals surface area contributed by atoms with Crippen LogP contribution in [0.25, 0.3) is 22.4 Å². The number of pyridine rings is 1. The number of hydrogen-bond acceptors (Lipinski definition) is 6. The zero-order valence-electron chi connectivity index (χ0n) is 21.2. The van der Waals surface area contributed by atoms with Crippen molar-refractivity contribution < 1.29 is 33.0 Å². The van der Waals surface area contributed by atoms with Gasteiger partial charge in [0.15, 0.2) is 0 Å². The molecule has 0 radical (unpaired) electrons. The second kappa shape index (κ2) is 14.0. The molecule has 0 bridgehead atoms. The summed E-state index contributed by atoms with van der Waals surface area (Å²) in [5.74, 6) is 0.924. The molecule has 3 aromatic rings. The van der Waals surface area contributed by atoms with Gasteiger partial charge in [0, 0.05) is 34.0 Å². The van der Waals surface area contributed by atoms with Gasteiger partial charge in [0.05, 0.1) is 23.2 Å². The quantitative estimate of drug-likeness (QED) is 0.200. The smallest absolute Gasteiger partial charge is 0.503 e. The molecule has 1 saturated carbocycles. The van der Waals surface area contributed by atoms with Crippen LogP contribution in [-0.2, 0) is 17.8 Å². The van der Waals surface area contributed by atoms with Gasteiger partial charge in [0.1, 0.15) is 5.76 Å². The largest absolute Gasteiger partial charge is 0.760 e. The van der Waals surface area contributed by atoms with Crippen molar-refractivity contribution in [3.8, 4) is 11.3 Å². The maximum Gasteiger partial charge on any atom is 0.503 e. The van der Waals surface area contributed by atoms with Crippen LogP contribution in [0.4, 0.5) is 4.79 Å². The van der Waals surface area contributed by atoms with Gasteiger partial charge in [-0.15, -0.1) is 0 Å². The van der Waals surface area contributed by atoms with E-state index in [2.05, 4.69) is 32.9 Å². The number of halogens is 1. The molecule has 1 aliphatic rings. The fraction of sp³-hybridized carbons (Fsp3) is 0.423. The molecule has 1 amide bonds. The predicted molar refractivity (Wildman–Crippen MR) is 151 cm³/mol. The second-order valence-electron chi connectivity index (χ2n) is 9.18. The molecular weight excluding hydrogens is 625 g/mol. The van der Waals surface area contributed by atoms with Crippen LogP contribution in [-0.4, -0.2) is 53.9 Å². The molecule has 38 heavy (non-hydrogen) atoms. The van der Waals surface area contributed by atoms with E-state index in [0.717, 1.165) is 33.5 Å². The number of amides is 1. The lowest BCUT2D eigenvalue weighted by molar-refractivity contribution is 0.0964. The number of aryl methyl sites for hydroxylation is 1. The average Bonchev–Trinajstić information content (AvgIpc) is 3.51. The monoisotopic (exact) mass is 656 g/mol. The van der Waals surface area contributed by atoms with Crippen LogP contribution in [0.3, 0.4) is 0 Å². The molecule has 0 saturated heterocycles. The number of carbonyl (C=O) groups excluding carboxylic acids is 1. The van der Waals surface area contributed by atoms with Gasteiger partial charge in [0.2, 0.25) is 5.71 Å². The lowest BCUT2D eigenvalue weighted by Crippen LogP contribution is -2.27. The van der Waals surface area contributed by atoms with Gasteiger partial charge in [-0.05, 0) is 54.3 Å². The maximum atomic E-state index is 12.7. The van der Waals surface area contributed by atoms with Crippen molar-refractivity contribution in [1.29, 1.82) is 0 Å². The second-order valence-corrected chi connectivity index (χ2v) is 11.3. The highest BCUT2D eigenvalue weighted by atomic mass is 127. The topological polar surface area (TPSA) is 156 Å². The van der Waals surface area contributed by atoms with Gasteiger partial charge in [0.25, 0.3) is 5.91 Å². The van der Waals surface area contributed by atoms with Crippen molar-refractivity contribution in [1.82, 2.24) is 14.6 Å². The number of hydrogen-bond donors (Lipinski definition) is 3. The first kappa shape index (κ1) is 30.0. The summed E-state index contributed by atoms with van der Waals surface area (Å²) >= 11 is -0.193. The van der Waals surface area contributed by atoms with Crippen molar-refractivity contribution in [2.75, 3.05) is 13.6 Å². The summed E-state index contributed by atoms with van der Waals surface area (Å²) in [5.41, 5.74) is 3.26. The molecule has 1 atom stereocenters. The highest BCUT2D eigenvalue weighted by molar-refractivity contribution is 14.1. The molecule has 10 nitrogen and oxygen atoms in total. The Morgan fingerprint density at radius 3 is 2.45 bits per heavy atom. The number of nitrogens with zero attached hydrogens (tertiary/aromatic N) is 2. The third-order valence-electron chi connectivity index (χ3n) is 6.51. The molecule has 1 unspecified atom stereocenters. The maximum absolute atomic E-state index is 12.7. The van der Waals surface area contributed by atoms with Crippen molar-refractivity contribution in [3.05, 3.63) is 50.7 Å². The summed E-state index contributed by atoms with van der Waals surface area (Å²) in [6.07, 6.45) is 5.16. The van der Waals surface area contributed by atoms with E-state index < -0.39 is 17.4 Å². The minimum atomic E-state index is -2.34. The molecule has 12 heteroatoms. The minimum Gasteiger partial charge on any atom is -0.760 e. The van der Waals surface area contributed by atoms with Gasteiger partial charge < -0.3 is 24.5 Å². The Kier molecular flexibility index (Phi) is 11.1. The molecule has 0 spiro atoms. The highest BCUT2D eigenvalue weighted by Crippen LogP contribution is 2.35. The lowest BCUT2D eigenvalue weighted by atomic mass is 10.0. The molecule has 1 fully saturated rings. The zero-order chi connectivity index (χ0) is 27.8. The predicted octanol–water partition coefficient (Wildman–Crippen LogP) is 5.56. The van der Waals surface area contributed by atoms with E-state index in [0.29, 0.717) is 34.7 Å². The number of fused-ring (bicyclic) bond motifs is 1. The molecule has 1 aliphatic carbocycles. The molecule has 4 rings (SSSR count). The van der Waals surface area contributed by atoms with E-state index in [9.17, 15) is 13.6 Å². The van der Waals surface area contributed by atoms with Gasteiger partial charge in [-0.2, -0.15) is 0 Å². The Bertz CT molecular complexity index is 1290. The number of carboxylic acid groups (broad SMARTS) is 2. The van der Waals surface area contributed by atoms with Crippen LogP contribution in [0.2, 0.25) is 0 Å². The summed E-state index contributed by atoms with van der Waals surface area (Å²) in [6.45, 7) is 2.64. The molecular formula is C26H31IN3O7S-. The van der Waals surface area contributed by atoms with Gasteiger partial charge in [-0.1, -0.05) is 55.5 Å². The van der Waals surface area contributed by atoms with E-state index in [-0.39, 0.29) is 12.5 Å². The molecule has 206 valence electrons. The fourth-order valence-electron chi connectivity index (χ4n) is 4.63. The normalized spacial score (nSPS) is 14.3. The van der Waals surface area contributed by atoms with E-state index in [1.165, 1.54) is 30.0 Å². The Balaban J connectivity index is 0.000000934. The van der Waals surface area contributed by atoms with E-state index in [1.54, 1.807) is 7.05 Å². The molecule has 2 heterocycles. The molecule has 0 aliphatic heterocycles. The Morgan fingerprint density at radius 1 is 1.24 bits per heavy atom. The minimum absolute atomic E-state index is 0.171. The summed E-state index contributed by atoms with van der Waals surface area (Å²) in [6, 6.07) is 9.61. The highest BCUT2D eigenvalue weighted by Gasteiger charge is 2.24. The van der Waals surface area contributed by atoms with Gasteiger partial charge in [-0.3, -0.25) is 9.00 Å². The van der Waals surface area contributed by atoms with Crippen LogP contribution in [0.5, 0.6) is 0 Å². The van der Waals surface area contributed by atoms with E-state index in [4.69, 9.17) is 19.4 Å². The summed E-state index contributed by atoms with van der Waals surface area (Å²) in [4.78, 5) is 26.0. The number of furan rings is 1. The number of carbonyl (C=O) groups is 2. The van der Waals surface area contributed by atoms with Crippen molar-refractivity contribution in [2.24, 2.45) is 5.92 Å². The van der Waals surface area contributed by atoms with Crippen LogP contribution < -0.4 is 5.32 Å².